The van der Waals surface area contributed by atoms with Crippen molar-refractivity contribution >= 4 is 11.9 Å². The molecule has 0 aromatic heterocycles. The Hall–Kier alpha value is -1.95. The van der Waals surface area contributed by atoms with E-state index in [1.165, 1.54) is 18.2 Å². The van der Waals surface area contributed by atoms with E-state index in [0.29, 0.717) is 0 Å². The van der Waals surface area contributed by atoms with Gasteiger partial charge in [0.05, 0.1) is 13.0 Å². The van der Waals surface area contributed by atoms with E-state index in [0.717, 1.165) is 0 Å². The van der Waals surface area contributed by atoms with Crippen LogP contribution in [0, 0.1) is 5.82 Å². The Kier molecular flexibility index (Phi) is 4.59. The number of halogens is 1. The fourth-order valence-electron chi connectivity index (χ4n) is 1.18. The second kappa shape index (κ2) is 5.95. The fraction of sp³-hybridized carbons (Fsp3) is 0.273. The van der Waals surface area contributed by atoms with E-state index in [1.807, 2.05) is 0 Å². The third-order valence-corrected chi connectivity index (χ3v) is 2.09. The Morgan fingerprint density at radius 3 is 2.59 bits per heavy atom. The summed E-state index contributed by atoms with van der Waals surface area (Å²) in [5.41, 5.74) is 0.217. The number of carboxylic acids is 1. The molecular formula is C11H12FNO4. The highest BCUT2D eigenvalue weighted by Gasteiger charge is 2.14. The van der Waals surface area contributed by atoms with Crippen molar-refractivity contribution in [1.29, 1.82) is 0 Å². The van der Waals surface area contributed by atoms with Gasteiger partial charge in [-0.25, -0.2) is 9.18 Å². The molecule has 0 bridgehead atoms. The summed E-state index contributed by atoms with van der Waals surface area (Å²) >= 11 is 0. The maximum absolute atomic E-state index is 13.2. The van der Waals surface area contributed by atoms with Crippen molar-refractivity contribution < 1.29 is 24.2 Å². The molecule has 3 N–H and O–H groups in total. The Labute approximate surface area is 96.9 Å². The summed E-state index contributed by atoms with van der Waals surface area (Å²) in [5, 5.41) is 19.5. The van der Waals surface area contributed by atoms with Crippen LogP contribution in [0.5, 0.6) is 0 Å². The first-order valence-corrected chi connectivity index (χ1v) is 4.91. The highest BCUT2D eigenvalue weighted by molar-refractivity contribution is 5.80. The molecule has 5 nitrogen and oxygen atoms in total. The maximum Gasteiger partial charge on any atom is 0.334 e. The summed E-state index contributed by atoms with van der Waals surface area (Å²) in [6.07, 6.45) is -1.85. The standard InChI is InChI=1S/C11H12FNO4/c12-8-4-2-1-3-7(8)5-10(15)13-6-9(14)11(16)17/h1-4,9,14H,5-6H2,(H,13,15)(H,16,17). The first-order valence-electron chi connectivity index (χ1n) is 4.91. The van der Waals surface area contributed by atoms with Crippen LogP contribution < -0.4 is 5.32 Å². The minimum absolute atomic E-state index is 0.195. The van der Waals surface area contributed by atoms with E-state index < -0.39 is 30.3 Å². The number of carbonyl (C=O) groups excluding carboxylic acids is 1. The van der Waals surface area contributed by atoms with Gasteiger partial charge in [0, 0.05) is 0 Å². The van der Waals surface area contributed by atoms with Crippen molar-refractivity contribution in [3.8, 4) is 0 Å². The first-order chi connectivity index (χ1) is 8.00. The molecular weight excluding hydrogens is 229 g/mol. The van der Waals surface area contributed by atoms with Gasteiger partial charge in [-0.05, 0) is 11.6 Å². The first kappa shape index (κ1) is 13.1. The zero-order chi connectivity index (χ0) is 12.8. The van der Waals surface area contributed by atoms with Gasteiger partial charge in [0.2, 0.25) is 5.91 Å². The number of benzene rings is 1. The van der Waals surface area contributed by atoms with Crippen molar-refractivity contribution in [2.24, 2.45) is 0 Å². The zero-order valence-electron chi connectivity index (χ0n) is 8.89. The highest BCUT2D eigenvalue weighted by Crippen LogP contribution is 2.06. The fourth-order valence-corrected chi connectivity index (χ4v) is 1.18. The molecule has 0 heterocycles. The topological polar surface area (TPSA) is 86.6 Å². The van der Waals surface area contributed by atoms with E-state index in [9.17, 15) is 14.0 Å². The second-order valence-electron chi connectivity index (χ2n) is 3.43. The SMILES string of the molecule is O=C(Cc1ccccc1F)NCC(O)C(=O)O. The number of hydrogen-bond acceptors (Lipinski definition) is 3. The van der Waals surface area contributed by atoms with Crippen molar-refractivity contribution in [3.63, 3.8) is 0 Å². The van der Waals surface area contributed by atoms with Crippen LogP contribution in [0.3, 0.4) is 0 Å². The van der Waals surface area contributed by atoms with Crippen LogP contribution in [0.2, 0.25) is 0 Å². The number of aliphatic hydroxyl groups excluding tert-OH is 1. The molecule has 1 amide bonds. The number of amides is 1. The summed E-state index contributed by atoms with van der Waals surface area (Å²) in [6.45, 7) is -0.400. The van der Waals surface area contributed by atoms with Crippen LogP contribution in [0.4, 0.5) is 4.39 Å². The Balaban J connectivity index is 2.46. The van der Waals surface area contributed by atoms with Crippen molar-refractivity contribution in [1.82, 2.24) is 5.32 Å². The number of nitrogens with one attached hydrogen (secondary N) is 1. The maximum atomic E-state index is 13.2. The third kappa shape index (κ3) is 4.20. The third-order valence-electron chi connectivity index (χ3n) is 2.09. The zero-order valence-corrected chi connectivity index (χ0v) is 8.89. The normalized spacial score (nSPS) is 11.9. The predicted molar refractivity (Wildman–Crippen MR) is 56.8 cm³/mol. The van der Waals surface area contributed by atoms with Gasteiger partial charge >= 0.3 is 5.97 Å². The molecule has 0 aliphatic carbocycles. The van der Waals surface area contributed by atoms with E-state index >= 15 is 0 Å². The van der Waals surface area contributed by atoms with Crippen molar-refractivity contribution in [2.45, 2.75) is 12.5 Å². The molecule has 17 heavy (non-hydrogen) atoms. The number of rotatable bonds is 5. The lowest BCUT2D eigenvalue weighted by atomic mass is 10.1. The molecule has 1 aromatic rings. The lowest BCUT2D eigenvalue weighted by Crippen LogP contribution is -2.37. The van der Waals surface area contributed by atoms with Gasteiger partial charge in [0.25, 0.3) is 0 Å². The summed E-state index contributed by atoms with van der Waals surface area (Å²) < 4.78 is 13.2. The van der Waals surface area contributed by atoms with Gasteiger partial charge in [-0.15, -0.1) is 0 Å². The van der Waals surface area contributed by atoms with E-state index in [1.54, 1.807) is 6.07 Å². The highest BCUT2D eigenvalue weighted by atomic mass is 19.1. The van der Waals surface area contributed by atoms with Gasteiger partial charge in [0.15, 0.2) is 6.10 Å². The minimum atomic E-state index is -1.65. The van der Waals surface area contributed by atoms with Crippen LogP contribution >= 0.6 is 0 Å². The number of aliphatic carboxylic acids is 1. The molecule has 1 unspecified atom stereocenters. The average molecular weight is 241 g/mol. The molecule has 0 fully saturated rings. The number of carboxylic acid groups (broad SMARTS) is 1. The lowest BCUT2D eigenvalue weighted by molar-refractivity contribution is -0.146. The van der Waals surface area contributed by atoms with Crippen LogP contribution in [0.25, 0.3) is 0 Å². The molecule has 0 aliphatic rings. The summed E-state index contributed by atoms with van der Waals surface area (Å²) in [5.74, 6) is -2.46. The number of aliphatic hydroxyl groups is 1. The van der Waals surface area contributed by atoms with Crippen LogP contribution in [-0.4, -0.2) is 34.7 Å². The number of hydrogen-bond donors (Lipinski definition) is 3. The molecule has 0 aliphatic heterocycles. The van der Waals surface area contributed by atoms with Gasteiger partial charge in [-0.1, -0.05) is 18.2 Å². The van der Waals surface area contributed by atoms with Gasteiger partial charge in [-0.3, -0.25) is 4.79 Å². The van der Waals surface area contributed by atoms with Crippen LogP contribution in [0.15, 0.2) is 24.3 Å². The van der Waals surface area contributed by atoms with E-state index in [2.05, 4.69) is 5.32 Å². The molecule has 0 radical (unpaired) electrons. The molecule has 1 atom stereocenters. The van der Waals surface area contributed by atoms with E-state index in [4.69, 9.17) is 10.2 Å². The molecule has 1 aromatic carbocycles. The minimum Gasteiger partial charge on any atom is -0.479 e. The quantitative estimate of drug-likeness (QED) is 0.673. The molecule has 0 saturated carbocycles. The number of carbonyl (C=O) groups is 2. The largest absolute Gasteiger partial charge is 0.479 e. The monoisotopic (exact) mass is 241 g/mol. The Bertz CT molecular complexity index is 422. The molecule has 1 rings (SSSR count). The van der Waals surface area contributed by atoms with Crippen LogP contribution in [0.1, 0.15) is 5.56 Å². The molecule has 6 heteroatoms. The van der Waals surface area contributed by atoms with Crippen molar-refractivity contribution in [2.75, 3.05) is 6.54 Å². The second-order valence-corrected chi connectivity index (χ2v) is 3.43. The molecule has 0 saturated heterocycles. The van der Waals surface area contributed by atoms with Gasteiger partial charge in [-0.2, -0.15) is 0 Å². The smallest absolute Gasteiger partial charge is 0.334 e. The summed E-state index contributed by atoms with van der Waals surface area (Å²) in [4.78, 5) is 21.6. The summed E-state index contributed by atoms with van der Waals surface area (Å²) in [7, 11) is 0. The summed E-state index contributed by atoms with van der Waals surface area (Å²) in [6, 6.07) is 5.79. The van der Waals surface area contributed by atoms with Crippen LogP contribution in [-0.2, 0) is 16.0 Å². The van der Waals surface area contributed by atoms with E-state index in [-0.39, 0.29) is 12.0 Å². The van der Waals surface area contributed by atoms with Crippen molar-refractivity contribution in [3.05, 3.63) is 35.6 Å². The van der Waals surface area contributed by atoms with Gasteiger partial charge < -0.3 is 15.5 Å². The lowest BCUT2D eigenvalue weighted by Gasteiger charge is -2.08. The molecule has 0 spiro atoms. The Morgan fingerprint density at radius 2 is 2.00 bits per heavy atom. The average Bonchev–Trinajstić information content (AvgIpc) is 2.29. The predicted octanol–water partition coefficient (Wildman–Crippen LogP) is -0.0701. The molecule has 92 valence electrons. The Morgan fingerprint density at radius 1 is 1.35 bits per heavy atom. The van der Waals surface area contributed by atoms with Gasteiger partial charge in [0.1, 0.15) is 5.82 Å².